The van der Waals surface area contributed by atoms with E-state index in [0.717, 1.165) is 23.3 Å². The van der Waals surface area contributed by atoms with Gasteiger partial charge in [-0.15, -0.1) is 0 Å². The molecule has 3 heteroatoms. The van der Waals surface area contributed by atoms with E-state index < -0.39 is 0 Å². The molecule has 0 fully saturated rings. The SMILES string of the molecule is Fc1ccc2nc(-c3ccc4c(c3)CCCC4)cn2c1. The number of benzene rings is 1. The van der Waals surface area contributed by atoms with Crippen molar-refractivity contribution in [2.75, 3.05) is 0 Å². The van der Waals surface area contributed by atoms with Gasteiger partial charge in [-0.1, -0.05) is 12.1 Å². The summed E-state index contributed by atoms with van der Waals surface area (Å²) in [5.74, 6) is -0.244. The Labute approximate surface area is 116 Å². The summed E-state index contributed by atoms with van der Waals surface area (Å²) in [7, 11) is 0. The van der Waals surface area contributed by atoms with Crippen molar-refractivity contribution in [1.82, 2.24) is 9.38 Å². The van der Waals surface area contributed by atoms with Crippen LogP contribution in [0.2, 0.25) is 0 Å². The van der Waals surface area contributed by atoms with Gasteiger partial charge in [-0.2, -0.15) is 0 Å². The summed E-state index contributed by atoms with van der Waals surface area (Å²) in [4.78, 5) is 4.57. The Bertz CT molecular complexity index is 789. The van der Waals surface area contributed by atoms with Crippen molar-refractivity contribution in [3.63, 3.8) is 0 Å². The molecule has 0 N–H and O–H groups in total. The van der Waals surface area contributed by atoms with Crippen LogP contribution < -0.4 is 0 Å². The van der Waals surface area contributed by atoms with Gasteiger partial charge in [0.05, 0.1) is 5.69 Å². The Morgan fingerprint density at radius 2 is 1.80 bits per heavy atom. The highest BCUT2D eigenvalue weighted by atomic mass is 19.1. The fraction of sp³-hybridized carbons (Fsp3) is 0.235. The van der Waals surface area contributed by atoms with Crippen molar-refractivity contribution >= 4 is 5.65 Å². The second kappa shape index (κ2) is 4.44. The summed E-state index contributed by atoms with van der Waals surface area (Å²) < 4.78 is 15.0. The van der Waals surface area contributed by atoms with Crippen molar-refractivity contribution in [2.24, 2.45) is 0 Å². The number of aryl methyl sites for hydroxylation is 2. The van der Waals surface area contributed by atoms with E-state index >= 15 is 0 Å². The number of pyridine rings is 1. The molecular weight excluding hydrogens is 251 g/mol. The maximum Gasteiger partial charge on any atom is 0.139 e. The van der Waals surface area contributed by atoms with Crippen molar-refractivity contribution in [1.29, 1.82) is 0 Å². The molecule has 0 spiro atoms. The maximum atomic E-state index is 13.2. The Balaban J connectivity index is 1.82. The van der Waals surface area contributed by atoms with Crippen LogP contribution in [0.5, 0.6) is 0 Å². The van der Waals surface area contributed by atoms with Crippen LogP contribution in [0.15, 0.2) is 42.7 Å². The van der Waals surface area contributed by atoms with Crippen LogP contribution in [-0.2, 0) is 12.8 Å². The monoisotopic (exact) mass is 266 g/mol. The van der Waals surface area contributed by atoms with Gasteiger partial charge in [-0.25, -0.2) is 9.37 Å². The number of imidazole rings is 1. The maximum absolute atomic E-state index is 13.2. The minimum absolute atomic E-state index is 0.244. The molecule has 0 radical (unpaired) electrons. The lowest BCUT2D eigenvalue weighted by Gasteiger charge is -2.15. The third kappa shape index (κ3) is 1.90. The Hall–Kier alpha value is -2.16. The van der Waals surface area contributed by atoms with Gasteiger partial charge in [0.15, 0.2) is 0 Å². The summed E-state index contributed by atoms with van der Waals surface area (Å²) >= 11 is 0. The molecule has 20 heavy (non-hydrogen) atoms. The standard InChI is InChI=1S/C17H15FN2/c18-15-7-8-17-19-16(11-20(17)10-15)14-6-5-12-3-1-2-4-13(12)9-14/h5-11H,1-4H2. The molecule has 2 aromatic heterocycles. The number of halogens is 1. The van der Waals surface area contributed by atoms with Crippen molar-refractivity contribution in [2.45, 2.75) is 25.7 Å². The third-order valence-electron chi connectivity index (χ3n) is 4.06. The molecule has 1 aliphatic carbocycles. The van der Waals surface area contributed by atoms with E-state index in [1.165, 1.54) is 42.7 Å². The normalized spacial score (nSPS) is 14.4. The summed E-state index contributed by atoms with van der Waals surface area (Å²) in [6, 6.07) is 9.74. The minimum Gasteiger partial charge on any atom is -0.304 e. The van der Waals surface area contributed by atoms with E-state index in [-0.39, 0.29) is 5.82 Å². The lowest BCUT2D eigenvalue weighted by atomic mass is 9.90. The first kappa shape index (κ1) is 11.6. The van der Waals surface area contributed by atoms with Gasteiger partial charge in [0.1, 0.15) is 11.5 Å². The van der Waals surface area contributed by atoms with Crippen LogP contribution in [-0.4, -0.2) is 9.38 Å². The van der Waals surface area contributed by atoms with Crippen LogP contribution in [0, 0.1) is 5.82 Å². The zero-order chi connectivity index (χ0) is 13.5. The van der Waals surface area contributed by atoms with Crippen molar-refractivity contribution in [3.05, 3.63) is 59.7 Å². The first-order chi connectivity index (χ1) is 9.79. The summed E-state index contributed by atoms with van der Waals surface area (Å²) in [6.07, 6.45) is 8.26. The van der Waals surface area contributed by atoms with E-state index in [4.69, 9.17) is 0 Å². The molecule has 0 bridgehead atoms. The Kier molecular flexibility index (Phi) is 2.59. The van der Waals surface area contributed by atoms with Gasteiger partial charge in [0, 0.05) is 18.0 Å². The Morgan fingerprint density at radius 1 is 0.950 bits per heavy atom. The zero-order valence-electron chi connectivity index (χ0n) is 11.1. The van der Waals surface area contributed by atoms with Crippen molar-refractivity contribution < 1.29 is 4.39 Å². The highest BCUT2D eigenvalue weighted by molar-refractivity contribution is 5.64. The van der Waals surface area contributed by atoms with Crippen LogP contribution in [0.1, 0.15) is 24.0 Å². The smallest absolute Gasteiger partial charge is 0.139 e. The highest BCUT2D eigenvalue weighted by Crippen LogP contribution is 2.27. The van der Waals surface area contributed by atoms with Gasteiger partial charge in [-0.3, -0.25) is 0 Å². The second-order valence-corrected chi connectivity index (χ2v) is 5.43. The van der Waals surface area contributed by atoms with Crippen LogP contribution >= 0.6 is 0 Å². The number of aromatic nitrogens is 2. The summed E-state index contributed by atoms with van der Waals surface area (Å²) in [6.45, 7) is 0. The van der Waals surface area contributed by atoms with Crippen LogP contribution in [0.3, 0.4) is 0 Å². The lowest BCUT2D eigenvalue weighted by Crippen LogP contribution is -2.02. The molecule has 0 atom stereocenters. The van der Waals surface area contributed by atoms with Crippen LogP contribution in [0.25, 0.3) is 16.9 Å². The molecular formula is C17H15FN2. The van der Waals surface area contributed by atoms with Gasteiger partial charge < -0.3 is 4.40 Å². The topological polar surface area (TPSA) is 17.3 Å². The zero-order valence-corrected chi connectivity index (χ0v) is 11.1. The van der Waals surface area contributed by atoms with Crippen LogP contribution in [0.4, 0.5) is 4.39 Å². The summed E-state index contributed by atoms with van der Waals surface area (Å²) in [5, 5.41) is 0. The van der Waals surface area contributed by atoms with Gasteiger partial charge in [-0.05, 0) is 55.0 Å². The Morgan fingerprint density at radius 3 is 2.70 bits per heavy atom. The molecule has 0 saturated heterocycles. The van der Waals surface area contributed by atoms with E-state index in [2.05, 4.69) is 23.2 Å². The average Bonchev–Trinajstić information content (AvgIpc) is 2.89. The molecule has 0 unspecified atom stereocenters. The van der Waals surface area contributed by atoms with Gasteiger partial charge in [0.2, 0.25) is 0 Å². The number of fused-ring (bicyclic) bond motifs is 2. The first-order valence-electron chi connectivity index (χ1n) is 7.06. The predicted octanol–water partition coefficient (Wildman–Crippen LogP) is 4.02. The first-order valence-corrected chi connectivity index (χ1v) is 7.06. The molecule has 2 heterocycles. The number of hydrogen-bond acceptors (Lipinski definition) is 1. The quantitative estimate of drug-likeness (QED) is 0.650. The van der Waals surface area contributed by atoms with E-state index in [0.29, 0.717) is 0 Å². The van der Waals surface area contributed by atoms with E-state index in [1.54, 1.807) is 10.5 Å². The molecule has 1 aliphatic rings. The molecule has 2 nitrogen and oxygen atoms in total. The van der Waals surface area contributed by atoms with Crippen molar-refractivity contribution in [3.8, 4) is 11.3 Å². The molecule has 0 saturated carbocycles. The number of rotatable bonds is 1. The largest absolute Gasteiger partial charge is 0.304 e. The number of hydrogen-bond donors (Lipinski definition) is 0. The third-order valence-corrected chi connectivity index (χ3v) is 4.06. The fourth-order valence-electron chi connectivity index (χ4n) is 3.00. The molecule has 100 valence electrons. The number of nitrogens with zero attached hydrogens (tertiary/aromatic N) is 2. The van der Waals surface area contributed by atoms with E-state index in [9.17, 15) is 4.39 Å². The highest BCUT2D eigenvalue weighted by Gasteiger charge is 2.11. The molecule has 0 amide bonds. The molecule has 3 aromatic rings. The lowest BCUT2D eigenvalue weighted by molar-refractivity contribution is 0.619. The predicted molar refractivity (Wildman–Crippen MR) is 77.2 cm³/mol. The second-order valence-electron chi connectivity index (χ2n) is 5.43. The minimum atomic E-state index is -0.244. The fourth-order valence-corrected chi connectivity index (χ4v) is 3.00. The molecule has 1 aromatic carbocycles. The molecule has 0 aliphatic heterocycles. The van der Waals surface area contributed by atoms with E-state index in [1.807, 2.05) is 6.20 Å². The van der Waals surface area contributed by atoms with Gasteiger partial charge >= 0.3 is 0 Å². The summed E-state index contributed by atoms with van der Waals surface area (Å²) in [5.41, 5.74) is 5.71. The van der Waals surface area contributed by atoms with Gasteiger partial charge in [0.25, 0.3) is 0 Å². The molecule has 4 rings (SSSR count). The average molecular weight is 266 g/mol.